The Morgan fingerprint density at radius 3 is 2.54 bits per heavy atom. The second-order valence-corrected chi connectivity index (χ2v) is 4.80. The van der Waals surface area contributed by atoms with E-state index in [1.165, 1.54) is 58.2 Å². The smallest absolute Gasteiger partial charge is 0.00419 e. The molecule has 1 heterocycles. The molecule has 1 saturated heterocycles. The Morgan fingerprint density at radius 2 is 1.85 bits per heavy atom. The second-order valence-electron chi connectivity index (χ2n) is 4.80. The fraction of sp³-hybridized carbons (Fsp3) is 1.00. The third-order valence-electron chi connectivity index (χ3n) is 3.54. The number of rotatable bonds is 2. The van der Waals surface area contributed by atoms with Crippen LogP contribution in [0.2, 0.25) is 0 Å². The van der Waals surface area contributed by atoms with Gasteiger partial charge in [0.25, 0.3) is 0 Å². The van der Waals surface area contributed by atoms with Crippen LogP contribution >= 0.6 is 0 Å². The monoisotopic (exact) mass is 182 g/mol. The molecular weight excluding hydrogens is 160 g/mol. The van der Waals surface area contributed by atoms with Gasteiger partial charge >= 0.3 is 0 Å². The molecule has 2 rings (SSSR count). The van der Waals surface area contributed by atoms with E-state index in [1.807, 2.05) is 0 Å². The van der Waals surface area contributed by atoms with Gasteiger partial charge in [-0.2, -0.15) is 0 Å². The van der Waals surface area contributed by atoms with Crippen molar-refractivity contribution in [1.29, 1.82) is 0 Å². The second kappa shape index (κ2) is 4.43. The first kappa shape index (κ1) is 9.47. The standard InChI is InChI=1S/C11H22N2/c12-11-5-3-4-10(8-11)9-13-6-1-2-7-13/h10-11H,1-9,12H2. The average molecular weight is 182 g/mol. The van der Waals surface area contributed by atoms with Crippen LogP contribution in [0.4, 0.5) is 0 Å². The Hall–Kier alpha value is -0.0800. The van der Waals surface area contributed by atoms with Gasteiger partial charge in [-0.3, -0.25) is 0 Å². The highest BCUT2D eigenvalue weighted by atomic mass is 15.1. The van der Waals surface area contributed by atoms with E-state index in [1.54, 1.807) is 0 Å². The normalized spacial score (nSPS) is 36.7. The van der Waals surface area contributed by atoms with Crippen LogP contribution in [0.15, 0.2) is 0 Å². The predicted molar refractivity (Wildman–Crippen MR) is 55.6 cm³/mol. The maximum absolute atomic E-state index is 5.98. The molecule has 0 spiro atoms. The van der Waals surface area contributed by atoms with E-state index < -0.39 is 0 Å². The summed E-state index contributed by atoms with van der Waals surface area (Å²) < 4.78 is 0. The Labute approximate surface area is 81.5 Å². The van der Waals surface area contributed by atoms with Crippen molar-refractivity contribution < 1.29 is 0 Å². The van der Waals surface area contributed by atoms with Crippen LogP contribution in [0, 0.1) is 5.92 Å². The summed E-state index contributed by atoms with van der Waals surface area (Å²) in [7, 11) is 0. The molecular formula is C11H22N2. The first-order chi connectivity index (χ1) is 6.34. The molecule has 2 fully saturated rings. The summed E-state index contributed by atoms with van der Waals surface area (Å²) in [5.41, 5.74) is 5.98. The summed E-state index contributed by atoms with van der Waals surface area (Å²) >= 11 is 0. The van der Waals surface area contributed by atoms with Crippen LogP contribution in [0.25, 0.3) is 0 Å². The molecule has 0 radical (unpaired) electrons. The molecule has 13 heavy (non-hydrogen) atoms. The van der Waals surface area contributed by atoms with Crippen molar-refractivity contribution in [1.82, 2.24) is 4.90 Å². The number of hydrogen-bond acceptors (Lipinski definition) is 2. The molecule has 0 aromatic carbocycles. The lowest BCUT2D eigenvalue weighted by atomic mass is 9.86. The molecule has 1 aliphatic heterocycles. The zero-order valence-corrected chi connectivity index (χ0v) is 8.54. The molecule has 2 nitrogen and oxygen atoms in total. The lowest BCUT2D eigenvalue weighted by Crippen LogP contribution is -2.34. The molecule has 1 aliphatic carbocycles. The molecule has 2 unspecified atom stereocenters. The van der Waals surface area contributed by atoms with Crippen LogP contribution in [0.5, 0.6) is 0 Å². The Bertz CT molecular complexity index is 152. The average Bonchev–Trinajstić information content (AvgIpc) is 2.57. The highest BCUT2D eigenvalue weighted by molar-refractivity contribution is 4.78. The van der Waals surface area contributed by atoms with Crippen molar-refractivity contribution in [2.45, 2.75) is 44.6 Å². The van der Waals surface area contributed by atoms with Gasteiger partial charge in [0, 0.05) is 12.6 Å². The topological polar surface area (TPSA) is 29.3 Å². The summed E-state index contributed by atoms with van der Waals surface area (Å²) in [6.45, 7) is 4.01. The summed E-state index contributed by atoms with van der Waals surface area (Å²) in [6.07, 6.45) is 8.15. The van der Waals surface area contributed by atoms with Gasteiger partial charge in [-0.05, 0) is 51.1 Å². The van der Waals surface area contributed by atoms with E-state index in [9.17, 15) is 0 Å². The van der Waals surface area contributed by atoms with Gasteiger partial charge in [-0.1, -0.05) is 6.42 Å². The molecule has 0 bridgehead atoms. The first-order valence-corrected chi connectivity index (χ1v) is 5.82. The highest BCUT2D eigenvalue weighted by Crippen LogP contribution is 2.24. The Kier molecular flexibility index (Phi) is 3.23. The fourth-order valence-corrected chi connectivity index (χ4v) is 2.83. The van der Waals surface area contributed by atoms with Crippen molar-refractivity contribution in [3.63, 3.8) is 0 Å². The molecule has 2 aliphatic rings. The highest BCUT2D eigenvalue weighted by Gasteiger charge is 2.22. The fourth-order valence-electron chi connectivity index (χ4n) is 2.83. The van der Waals surface area contributed by atoms with Crippen molar-refractivity contribution in [3.05, 3.63) is 0 Å². The molecule has 2 heteroatoms. The van der Waals surface area contributed by atoms with Gasteiger partial charge in [0.15, 0.2) is 0 Å². The maximum Gasteiger partial charge on any atom is 0.00419 e. The molecule has 0 aromatic rings. The van der Waals surface area contributed by atoms with E-state index in [-0.39, 0.29) is 0 Å². The molecule has 0 amide bonds. The Morgan fingerprint density at radius 1 is 1.08 bits per heavy atom. The van der Waals surface area contributed by atoms with E-state index in [0.29, 0.717) is 6.04 Å². The molecule has 2 atom stereocenters. The third-order valence-corrected chi connectivity index (χ3v) is 3.54. The predicted octanol–water partition coefficient (Wildman–Crippen LogP) is 1.60. The van der Waals surface area contributed by atoms with Gasteiger partial charge in [0.05, 0.1) is 0 Å². The van der Waals surface area contributed by atoms with Gasteiger partial charge in [-0.15, -0.1) is 0 Å². The zero-order valence-electron chi connectivity index (χ0n) is 8.54. The SMILES string of the molecule is NC1CCCC(CN2CCCC2)C1. The summed E-state index contributed by atoms with van der Waals surface area (Å²) in [4.78, 5) is 2.63. The number of hydrogen-bond donors (Lipinski definition) is 1. The van der Waals surface area contributed by atoms with E-state index in [0.717, 1.165) is 5.92 Å². The van der Waals surface area contributed by atoms with Gasteiger partial charge in [-0.25, -0.2) is 0 Å². The first-order valence-electron chi connectivity index (χ1n) is 5.82. The van der Waals surface area contributed by atoms with Gasteiger partial charge < -0.3 is 10.6 Å². The van der Waals surface area contributed by atoms with Gasteiger partial charge in [0.1, 0.15) is 0 Å². The largest absolute Gasteiger partial charge is 0.328 e. The van der Waals surface area contributed by atoms with Crippen LogP contribution in [0.1, 0.15) is 38.5 Å². The molecule has 2 N–H and O–H groups in total. The lowest BCUT2D eigenvalue weighted by Gasteiger charge is -2.29. The van der Waals surface area contributed by atoms with E-state index in [4.69, 9.17) is 5.73 Å². The van der Waals surface area contributed by atoms with Crippen LogP contribution in [-0.2, 0) is 0 Å². The third kappa shape index (κ3) is 2.68. The van der Waals surface area contributed by atoms with Crippen LogP contribution in [-0.4, -0.2) is 30.6 Å². The Balaban J connectivity index is 1.73. The van der Waals surface area contributed by atoms with E-state index in [2.05, 4.69) is 4.90 Å². The number of nitrogens with zero attached hydrogens (tertiary/aromatic N) is 1. The minimum absolute atomic E-state index is 0.501. The van der Waals surface area contributed by atoms with Crippen molar-refractivity contribution in [2.75, 3.05) is 19.6 Å². The van der Waals surface area contributed by atoms with E-state index >= 15 is 0 Å². The lowest BCUT2D eigenvalue weighted by molar-refractivity contribution is 0.222. The minimum atomic E-state index is 0.501. The number of likely N-dealkylation sites (tertiary alicyclic amines) is 1. The van der Waals surface area contributed by atoms with Gasteiger partial charge in [0.2, 0.25) is 0 Å². The molecule has 1 saturated carbocycles. The van der Waals surface area contributed by atoms with Crippen molar-refractivity contribution in [3.8, 4) is 0 Å². The zero-order chi connectivity index (χ0) is 9.10. The quantitative estimate of drug-likeness (QED) is 0.703. The molecule has 76 valence electrons. The minimum Gasteiger partial charge on any atom is -0.328 e. The summed E-state index contributed by atoms with van der Waals surface area (Å²) in [5.74, 6) is 0.904. The van der Waals surface area contributed by atoms with Crippen molar-refractivity contribution in [2.24, 2.45) is 11.7 Å². The maximum atomic E-state index is 5.98. The summed E-state index contributed by atoms with van der Waals surface area (Å²) in [6, 6.07) is 0.501. The molecule has 0 aromatic heterocycles. The van der Waals surface area contributed by atoms with Crippen LogP contribution < -0.4 is 5.73 Å². The van der Waals surface area contributed by atoms with Crippen molar-refractivity contribution >= 4 is 0 Å². The number of nitrogens with two attached hydrogens (primary N) is 1. The van der Waals surface area contributed by atoms with Crippen LogP contribution in [0.3, 0.4) is 0 Å². The summed E-state index contributed by atoms with van der Waals surface area (Å²) in [5, 5.41) is 0.